The van der Waals surface area contributed by atoms with Gasteiger partial charge in [0.25, 0.3) is 5.91 Å². The molecule has 2 aromatic rings. The van der Waals surface area contributed by atoms with Crippen LogP contribution in [0.15, 0.2) is 24.4 Å². The molecular weight excluding hydrogens is 531 g/mol. The lowest BCUT2D eigenvalue weighted by molar-refractivity contribution is -0.138. The van der Waals surface area contributed by atoms with Gasteiger partial charge in [-0.3, -0.25) is 4.79 Å². The first-order chi connectivity index (χ1) is 19.6. The number of benzene rings is 1. The molecule has 1 saturated heterocycles. The number of amides is 1. The highest BCUT2D eigenvalue weighted by atomic mass is 19.4. The standard InChI is InChI=1S/C31H44F3N5O2/c1-5-39-15-13-24(14-16-39)36-29(40)23-11-12-26(28(18-23)41-4)37-30-35-19-25(31(32,33)34)27(38-30)17-20(2)21(3)22-9-7-6-8-10-22/h11-12,18-22,24H,5-10,13-17H2,1-4H3,(H,36,40)(H,35,37,38). The number of hydrogen-bond donors (Lipinski definition) is 2. The Balaban J connectivity index is 1.48. The number of piperidine rings is 1. The molecule has 1 aliphatic heterocycles. The number of rotatable bonds is 10. The Labute approximate surface area is 241 Å². The summed E-state index contributed by atoms with van der Waals surface area (Å²) in [7, 11) is 1.48. The van der Waals surface area contributed by atoms with Gasteiger partial charge >= 0.3 is 6.18 Å². The maximum absolute atomic E-state index is 13.9. The summed E-state index contributed by atoms with van der Waals surface area (Å²) >= 11 is 0. The third-order valence-corrected chi connectivity index (χ3v) is 9.06. The lowest BCUT2D eigenvalue weighted by Crippen LogP contribution is -2.44. The first-order valence-corrected chi connectivity index (χ1v) is 15.0. The van der Waals surface area contributed by atoms with Gasteiger partial charge in [-0.05, 0) is 61.8 Å². The average Bonchev–Trinajstić information content (AvgIpc) is 2.97. The number of methoxy groups -OCH3 is 1. The maximum atomic E-state index is 13.9. The van der Waals surface area contributed by atoms with Crippen molar-refractivity contribution < 1.29 is 22.7 Å². The Bertz CT molecular complexity index is 1160. The van der Waals surface area contributed by atoms with Gasteiger partial charge in [0, 0.05) is 30.9 Å². The van der Waals surface area contributed by atoms with Crippen molar-refractivity contribution in [3.8, 4) is 5.75 Å². The van der Waals surface area contributed by atoms with Crippen LogP contribution < -0.4 is 15.4 Å². The molecule has 0 bridgehead atoms. The first-order valence-electron chi connectivity index (χ1n) is 15.0. The van der Waals surface area contributed by atoms with Gasteiger partial charge < -0.3 is 20.3 Å². The van der Waals surface area contributed by atoms with E-state index in [1.807, 2.05) is 6.92 Å². The molecule has 7 nitrogen and oxygen atoms in total. The van der Waals surface area contributed by atoms with Crippen molar-refractivity contribution in [3.05, 3.63) is 41.2 Å². The molecule has 1 aromatic heterocycles. The van der Waals surface area contributed by atoms with E-state index in [0.29, 0.717) is 28.8 Å². The summed E-state index contributed by atoms with van der Waals surface area (Å²) in [4.78, 5) is 23.6. The molecule has 10 heteroatoms. The largest absolute Gasteiger partial charge is 0.495 e. The molecule has 0 spiro atoms. The predicted octanol–water partition coefficient (Wildman–Crippen LogP) is 6.86. The van der Waals surface area contributed by atoms with Crippen LogP contribution in [0.1, 0.15) is 87.3 Å². The Morgan fingerprint density at radius 3 is 2.46 bits per heavy atom. The summed E-state index contributed by atoms with van der Waals surface area (Å²) < 4.78 is 47.2. The van der Waals surface area contributed by atoms with Crippen molar-refractivity contribution in [3.63, 3.8) is 0 Å². The second-order valence-corrected chi connectivity index (χ2v) is 11.7. The van der Waals surface area contributed by atoms with Gasteiger partial charge in [-0.25, -0.2) is 9.97 Å². The minimum absolute atomic E-state index is 0.00533. The molecular formula is C31H44F3N5O2. The van der Waals surface area contributed by atoms with Crippen molar-refractivity contribution in [2.45, 2.75) is 84.4 Å². The Kier molecular flexibility index (Phi) is 10.5. The van der Waals surface area contributed by atoms with Crippen LogP contribution in [0.25, 0.3) is 0 Å². The molecule has 2 N–H and O–H groups in total. The molecule has 41 heavy (non-hydrogen) atoms. The van der Waals surface area contributed by atoms with Gasteiger partial charge in [0.1, 0.15) is 5.75 Å². The lowest BCUT2D eigenvalue weighted by Gasteiger charge is -2.32. The van der Waals surface area contributed by atoms with Gasteiger partial charge in [0.15, 0.2) is 0 Å². The van der Waals surface area contributed by atoms with Crippen LogP contribution in [0, 0.1) is 17.8 Å². The zero-order chi connectivity index (χ0) is 29.6. The number of nitrogens with zero attached hydrogens (tertiary/aromatic N) is 3. The third kappa shape index (κ3) is 8.11. The smallest absolute Gasteiger partial charge is 0.419 e. The molecule has 2 unspecified atom stereocenters. The number of hydrogen-bond acceptors (Lipinski definition) is 6. The van der Waals surface area contributed by atoms with Crippen molar-refractivity contribution in [1.82, 2.24) is 20.2 Å². The number of ether oxygens (including phenoxy) is 1. The van der Waals surface area contributed by atoms with E-state index in [1.165, 1.54) is 26.4 Å². The van der Waals surface area contributed by atoms with Crippen molar-refractivity contribution in [1.29, 1.82) is 0 Å². The fourth-order valence-corrected chi connectivity index (χ4v) is 6.20. The fraction of sp³-hybridized carbons (Fsp3) is 0.645. The number of anilines is 2. The van der Waals surface area contributed by atoms with Gasteiger partial charge in [-0.1, -0.05) is 52.9 Å². The highest BCUT2D eigenvalue weighted by molar-refractivity contribution is 5.95. The van der Waals surface area contributed by atoms with Crippen molar-refractivity contribution in [2.24, 2.45) is 17.8 Å². The number of carbonyl (C=O) groups excluding carboxylic acids is 1. The maximum Gasteiger partial charge on any atom is 0.419 e. The molecule has 2 aliphatic rings. The molecule has 0 radical (unpaired) electrons. The third-order valence-electron chi connectivity index (χ3n) is 9.06. The van der Waals surface area contributed by atoms with Gasteiger partial charge in [-0.2, -0.15) is 13.2 Å². The van der Waals surface area contributed by atoms with E-state index in [0.717, 1.165) is 51.5 Å². The number of aromatic nitrogens is 2. The zero-order valence-corrected chi connectivity index (χ0v) is 24.7. The summed E-state index contributed by atoms with van der Waals surface area (Å²) in [6.07, 6.45) is 4.25. The fourth-order valence-electron chi connectivity index (χ4n) is 6.20. The number of carbonyl (C=O) groups is 1. The second kappa shape index (κ2) is 13.9. The monoisotopic (exact) mass is 575 g/mol. The van der Waals surface area contributed by atoms with Crippen molar-refractivity contribution >= 4 is 17.5 Å². The number of nitrogens with one attached hydrogen (secondary N) is 2. The van der Waals surface area contributed by atoms with Gasteiger partial charge in [0.05, 0.1) is 24.1 Å². The molecule has 2 atom stereocenters. The van der Waals surface area contributed by atoms with E-state index in [2.05, 4.69) is 39.3 Å². The predicted molar refractivity (Wildman–Crippen MR) is 155 cm³/mol. The van der Waals surface area contributed by atoms with Gasteiger partial charge in [0.2, 0.25) is 5.95 Å². The minimum atomic E-state index is -4.54. The molecule has 2 heterocycles. The summed E-state index contributed by atoms with van der Waals surface area (Å²) in [6, 6.07) is 5.08. The molecule has 2 fully saturated rings. The normalized spacial score (nSPS) is 19.0. The molecule has 1 amide bonds. The highest BCUT2D eigenvalue weighted by Crippen LogP contribution is 2.38. The Morgan fingerprint density at radius 1 is 1.12 bits per heavy atom. The Morgan fingerprint density at radius 2 is 1.83 bits per heavy atom. The lowest BCUT2D eigenvalue weighted by atomic mass is 9.74. The number of halogens is 3. The van der Waals surface area contributed by atoms with Crippen LogP contribution in [0.5, 0.6) is 5.75 Å². The average molecular weight is 576 g/mol. The SMILES string of the molecule is CCN1CCC(NC(=O)c2ccc(Nc3ncc(C(F)(F)F)c(CC(C)C(C)C4CCCCC4)n3)c(OC)c2)CC1. The van der Waals surface area contributed by atoms with Crippen LogP contribution in [0.2, 0.25) is 0 Å². The van der Waals surface area contributed by atoms with E-state index in [9.17, 15) is 18.0 Å². The quantitative estimate of drug-likeness (QED) is 0.322. The summed E-state index contributed by atoms with van der Waals surface area (Å²) in [6.45, 7) is 9.24. The van der Waals surface area contributed by atoms with Crippen LogP contribution in [-0.2, 0) is 12.6 Å². The van der Waals surface area contributed by atoms with E-state index in [4.69, 9.17) is 4.74 Å². The Hall–Kier alpha value is -2.88. The minimum Gasteiger partial charge on any atom is -0.495 e. The van der Waals surface area contributed by atoms with Crippen LogP contribution in [-0.4, -0.2) is 53.6 Å². The van der Waals surface area contributed by atoms with E-state index in [1.54, 1.807) is 18.2 Å². The van der Waals surface area contributed by atoms with E-state index in [-0.39, 0.29) is 35.9 Å². The number of likely N-dealkylation sites (tertiary alicyclic amines) is 1. The molecule has 4 rings (SSSR count). The summed E-state index contributed by atoms with van der Waals surface area (Å²) in [5.41, 5.74) is 0.114. The van der Waals surface area contributed by atoms with E-state index >= 15 is 0 Å². The van der Waals surface area contributed by atoms with Crippen LogP contribution in [0.3, 0.4) is 0 Å². The molecule has 1 aliphatic carbocycles. The van der Waals surface area contributed by atoms with Crippen molar-refractivity contribution in [2.75, 3.05) is 32.1 Å². The van der Waals surface area contributed by atoms with Gasteiger partial charge in [-0.15, -0.1) is 0 Å². The first kappa shape index (κ1) is 31.1. The van der Waals surface area contributed by atoms with Crippen LogP contribution in [0.4, 0.5) is 24.8 Å². The summed E-state index contributed by atoms with van der Waals surface area (Å²) in [5.74, 6) is 1.14. The number of alkyl halides is 3. The topological polar surface area (TPSA) is 79.4 Å². The summed E-state index contributed by atoms with van der Waals surface area (Å²) in [5, 5.41) is 6.12. The van der Waals surface area contributed by atoms with E-state index < -0.39 is 11.7 Å². The van der Waals surface area contributed by atoms with Crippen LogP contribution >= 0.6 is 0 Å². The molecule has 1 saturated carbocycles. The highest BCUT2D eigenvalue weighted by Gasteiger charge is 2.36. The zero-order valence-electron chi connectivity index (χ0n) is 24.7. The second-order valence-electron chi connectivity index (χ2n) is 11.7. The molecule has 1 aromatic carbocycles. The molecule has 226 valence electrons.